The summed E-state index contributed by atoms with van der Waals surface area (Å²) in [5.41, 5.74) is 1.74. The van der Waals surface area contributed by atoms with Gasteiger partial charge < -0.3 is 0 Å². The summed E-state index contributed by atoms with van der Waals surface area (Å²) in [6.45, 7) is 7.11. The monoisotopic (exact) mass is 304 g/mol. The van der Waals surface area contributed by atoms with Gasteiger partial charge in [-0.3, -0.25) is 0 Å². The molecule has 0 bridgehead atoms. The molecule has 128 valence electrons. The van der Waals surface area contributed by atoms with E-state index in [2.05, 4.69) is 26.8 Å². The number of hydrogen-bond donors (Lipinski definition) is 0. The summed E-state index contributed by atoms with van der Waals surface area (Å²) in [7, 11) is 0. The van der Waals surface area contributed by atoms with Crippen molar-refractivity contribution in [3.8, 4) is 0 Å². The first-order valence-corrected chi connectivity index (χ1v) is 10.4. The third kappa shape index (κ3) is 5.74. The Morgan fingerprint density at radius 3 is 1.95 bits per heavy atom. The minimum Gasteiger partial charge on any atom is -0.0822 e. The van der Waals surface area contributed by atoms with Crippen LogP contribution in [0.1, 0.15) is 104 Å². The average molecular weight is 305 g/mol. The molecule has 0 spiro atoms. The van der Waals surface area contributed by atoms with Crippen molar-refractivity contribution < 1.29 is 0 Å². The molecule has 2 saturated carbocycles. The van der Waals surface area contributed by atoms with Crippen molar-refractivity contribution in [2.45, 2.75) is 104 Å². The second-order valence-corrected chi connectivity index (χ2v) is 8.34. The maximum atomic E-state index is 2.70. The maximum Gasteiger partial charge on any atom is -0.0206 e. The summed E-state index contributed by atoms with van der Waals surface area (Å²) in [4.78, 5) is 0. The number of hydrogen-bond acceptors (Lipinski definition) is 0. The van der Waals surface area contributed by atoms with Crippen molar-refractivity contribution in [2.24, 2.45) is 23.7 Å². The summed E-state index contributed by atoms with van der Waals surface area (Å²) >= 11 is 0. The molecule has 0 aliphatic heterocycles. The third-order valence-corrected chi connectivity index (χ3v) is 6.54. The molecule has 0 aromatic heterocycles. The molecule has 0 amide bonds. The van der Waals surface area contributed by atoms with Crippen LogP contribution in [0, 0.1) is 23.7 Å². The Morgan fingerprint density at radius 1 is 0.773 bits per heavy atom. The van der Waals surface area contributed by atoms with Crippen LogP contribution in [0.5, 0.6) is 0 Å². The highest BCUT2D eigenvalue weighted by molar-refractivity contribution is 5.07. The Labute approximate surface area is 140 Å². The first kappa shape index (κ1) is 18.1. The van der Waals surface area contributed by atoms with Crippen LogP contribution in [0.4, 0.5) is 0 Å². The van der Waals surface area contributed by atoms with Crippen LogP contribution >= 0.6 is 0 Å². The molecule has 0 radical (unpaired) electrons. The lowest BCUT2D eigenvalue weighted by atomic mass is 9.75. The van der Waals surface area contributed by atoms with Gasteiger partial charge in [-0.1, -0.05) is 57.6 Å². The van der Waals surface area contributed by atoms with E-state index in [4.69, 9.17) is 0 Å². The predicted molar refractivity (Wildman–Crippen MR) is 99.1 cm³/mol. The van der Waals surface area contributed by atoms with Gasteiger partial charge in [0.2, 0.25) is 0 Å². The predicted octanol–water partition coefficient (Wildman–Crippen LogP) is 7.54. The van der Waals surface area contributed by atoms with Crippen LogP contribution in [0.25, 0.3) is 0 Å². The van der Waals surface area contributed by atoms with Crippen molar-refractivity contribution in [1.82, 2.24) is 0 Å². The van der Waals surface area contributed by atoms with E-state index in [1.807, 2.05) is 0 Å². The molecule has 0 aromatic rings. The molecule has 0 aromatic carbocycles. The maximum absolute atomic E-state index is 2.70. The number of rotatable bonds is 7. The van der Waals surface area contributed by atoms with Gasteiger partial charge in [0.05, 0.1) is 0 Å². The van der Waals surface area contributed by atoms with Gasteiger partial charge in [0.25, 0.3) is 0 Å². The molecule has 0 N–H and O–H groups in total. The van der Waals surface area contributed by atoms with Crippen molar-refractivity contribution in [2.75, 3.05) is 0 Å². The molecule has 0 nitrogen and oxygen atoms in total. The van der Waals surface area contributed by atoms with E-state index in [0.29, 0.717) is 0 Å². The van der Waals surface area contributed by atoms with Crippen molar-refractivity contribution in [3.05, 3.63) is 11.6 Å². The highest BCUT2D eigenvalue weighted by Gasteiger charge is 2.24. The molecule has 2 rings (SSSR count). The first-order valence-electron chi connectivity index (χ1n) is 10.4. The van der Waals surface area contributed by atoms with Crippen LogP contribution in [0.15, 0.2) is 11.6 Å². The van der Waals surface area contributed by atoms with E-state index in [1.54, 1.807) is 5.57 Å². The van der Waals surface area contributed by atoms with Crippen LogP contribution in [-0.4, -0.2) is 0 Å². The first-order chi connectivity index (χ1) is 10.7. The smallest absolute Gasteiger partial charge is 0.0206 e. The van der Waals surface area contributed by atoms with Crippen LogP contribution in [0.2, 0.25) is 0 Å². The second kappa shape index (κ2) is 9.78. The van der Waals surface area contributed by atoms with Crippen molar-refractivity contribution in [3.63, 3.8) is 0 Å². The van der Waals surface area contributed by atoms with Gasteiger partial charge in [-0.05, 0) is 82.0 Å². The summed E-state index contributed by atoms with van der Waals surface area (Å²) < 4.78 is 0. The SMILES string of the molecule is CCCCC1CCC(C=C(C)C2CCC(CCC)CC2)CC1. The molecule has 2 aliphatic carbocycles. The molecule has 0 atom stereocenters. The lowest BCUT2D eigenvalue weighted by molar-refractivity contribution is 0.276. The summed E-state index contributed by atoms with van der Waals surface area (Å²) in [6, 6.07) is 0. The average Bonchev–Trinajstić information content (AvgIpc) is 2.55. The fourth-order valence-electron chi connectivity index (χ4n) is 4.96. The summed E-state index contributed by atoms with van der Waals surface area (Å²) in [6.07, 6.45) is 21.7. The Hall–Kier alpha value is -0.260. The lowest BCUT2D eigenvalue weighted by Crippen LogP contribution is -2.17. The molecular weight excluding hydrogens is 264 g/mol. The third-order valence-electron chi connectivity index (χ3n) is 6.54. The Balaban J connectivity index is 1.72. The molecule has 0 unspecified atom stereocenters. The molecule has 22 heavy (non-hydrogen) atoms. The zero-order valence-corrected chi connectivity index (χ0v) is 15.6. The highest BCUT2D eigenvalue weighted by Crippen LogP contribution is 2.38. The number of allylic oxidation sites excluding steroid dienone is 2. The lowest BCUT2D eigenvalue weighted by Gasteiger charge is -2.31. The van der Waals surface area contributed by atoms with Gasteiger partial charge in [0, 0.05) is 0 Å². The van der Waals surface area contributed by atoms with E-state index >= 15 is 0 Å². The van der Waals surface area contributed by atoms with Gasteiger partial charge in [-0.2, -0.15) is 0 Å². The number of unbranched alkanes of at least 4 members (excludes halogenated alkanes) is 1. The molecule has 2 aliphatic rings. The van der Waals surface area contributed by atoms with E-state index in [0.717, 1.165) is 23.7 Å². The largest absolute Gasteiger partial charge is 0.0822 e. The van der Waals surface area contributed by atoms with E-state index < -0.39 is 0 Å². The van der Waals surface area contributed by atoms with E-state index in [-0.39, 0.29) is 0 Å². The minimum absolute atomic E-state index is 0.909. The van der Waals surface area contributed by atoms with Gasteiger partial charge in [-0.25, -0.2) is 0 Å². The minimum atomic E-state index is 0.909. The quantitative estimate of drug-likeness (QED) is 0.426. The van der Waals surface area contributed by atoms with Gasteiger partial charge in [0.1, 0.15) is 0 Å². The van der Waals surface area contributed by atoms with Crippen LogP contribution in [0.3, 0.4) is 0 Å². The Bertz CT molecular complexity index is 311. The van der Waals surface area contributed by atoms with Gasteiger partial charge in [0.15, 0.2) is 0 Å². The fourth-order valence-corrected chi connectivity index (χ4v) is 4.96. The molecule has 0 saturated heterocycles. The summed E-state index contributed by atoms with van der Waals surface area (Å²) in [5.74, 6) is 3.93. The standard InChI is InChI=1S/C22H40/c1-4-6-8-20-9-11-21(12-10-20)17-18(3)22-15-13-19(7-5-2)14-16-22/h17,19-22H,4-16H2,1-3H3. The highest BCUT2D eigenvalue weighted by atomic mass is 14.3. The van der Waals surface area contributed by atoms with Crippen molar-refractivity contribution in [1.29, 1.82) is 0 Å². The zero-order chi connectivity index (χ0) is 15.8. The Morgan fingerprint density at radius 2 is 1.36 bits per heavy atom. The van der Waals surface area contributed by atoms with Gasteiger partial charge >= 0.3 is 0 Å². The topological polar surface area (TPSA) is 0 Å². The van der Waals surface area contributed by atoms with Crippen LogP contribution < -0.4 is 0 Å². The zero-order valence-electron chi connectivity index (χ0n) is 15.6. The Kier molecular flexibility index (Phi) is 8.04. The summed E-state index contributed by atoms with van der Waals surface area (Å²) in [5, 5.41) is 0. The van der Waals surface area contributed by atoms with Gasteiger partial charge in [-0.15, -0.1) is 0 Å². The molecule has 2 fully saturated rings. The van der Waals surface area contributed by atoms with Crippen molar-refractivity contribution >= 4 is 0 Å². The van der Waals surface area contributed by atoms with E-state index in [9.17, 15) is 0 Å². The van der Waals surface area contributed by atoms with Crippen LogP contribution in [-0.2, 0) is 0 Å². The molecule has 0 heterocycles. The second-order valence-electron chi connectivity index (χ2n) is 8.34. The van der Waals surface area contributed by atoms with E-state index in [1.165, 1.54) is 83.5 Å². The molecule has 0 heteroatoms. The molecular formula is C22H40. The fraction of sp³-hybridized carbons (Fsp3) is 0.909. The normalized spacial score (nSPS) is 33.9.